The molecule has 3 fully saturated rings. The number of carbonyl (C=O) groups is 1. The van der Waals surface area contributed by atoms with E-state index in [9.17, 15) is 4.79 Å². The molecule has 5 rings (SSSR count). The first-order valence-corrected chi connectivity index (χ1v) is 9.90. The summed E-state index contributed by atoms with van der Waals surface area (Å²) in [5.74, 6) is 0.688. The average molecular weight is 356 g/mol. The fourth-order valence-corrected chi connectivity index (χ4v) is 4.99. The summed E-state index contributed by atoms with van der Waals surface area (Å²) >= 11 is 1.68. The Hall–Kier alpha value is -1.72. The van der Waals surface area contributed by atoms with Gasteiger partial charge < -0.3 is 10.3 Å². The van der Waals surface area contributed by atoms with Gasteiger partial charge in [-0.3, -0.25) is 9.69 Å². The van der Waals surface area contributed by atoms with Crippen LogP contribution in [0.15, 0.2) is 46.3 Å². The van der Waals surface area contributed by atoms with E-state index in [4.69, 9.17) is 0 Å². The number of hydrogen-bond donors (Lipinski definition) is 2. The first-order valence-electron chi connectivity index (χ1n) is 9.08. The van der Waals surface area contributed by atoms with Gasteiger partial charge in [-0.2, -0.15) is 0 Å². The van der Waals surface area contributed by atoms with E-state index in [0.717, 1.165) is 21.2 Å². The zero-order valence-corrected chi connectivity index (χ0v) is 15.6. The lowest BCUT2D eigenvalue weighted by molar-refractivity contribution is 0.0217. The molecule has 25 heavy (non-hydrogen) atoms. The van der Waals surface area contributed by atoms with Gasteiger partial charge in [0.2, 0.25) is 0 Å². The molecular weight excluding hydrogens is 330 g/mol. The molecule has 0 spiro atoms. The van der Waals surface area contributed by atoms with Crippen molar-refractivity contribution < 1.29 is 4.79 Å². The van der Waals surface area contributed by atoms with E-state index in [1.807, 2.05) is 31.2 Å². The van der Waals surface area contributed by atoms with E-state index in [0.29, 0.717) is 12.0 Å². The lowest BCUT2D eigenvalue weighted by Gasteiger charge is -2.49. The summed E-state index contributed by atoms with van der Waals surface area (Å²) in [6.45, 7) is 6.66. The van der Waals surface area contributed by atoms with E-state index in [-0.39, 0.29) is 11.9 Å². The van der Waals surface area contributed by atoms with Crippen LogP contribution in [0.1, 0.15) is 35.8 Å². The molecule has 1 amide bonds. The second-order valence-electron chi connectivity index (χ2n) is 7.25. The van der Waals surface area contributed by atoms with Gasteiger partial charge in [-0.1, -0.05) is 11.8 Å². The number of fused-ring (bicyclic) bond motifs is 3. The highest BCUT2D eigenvalue weighted by molar-refractivity contribution is 7.99. The van der Waals surface area contributed by atoms with E-state index in [1.165, 1.54) is 25.9 Å². The van der Waals surface area contributed by atoms with E-state index >= 15 is 0 Å². The van der Waals surface area contributed by atoms with Crippen LogP contribution in [0.2, 0.25) is 0 Å². The third-order valence-electron chi connectivity index (χ3n) is 5.62. The van der Waals surface area contributed by atoms with E-state index in [2.05, 4.69) is 34.3 Å². The third-order valence-corrected chi connectivity index (χ3v) is 6.59. The van der Waals surface area contributed by atoms with Crippen molar-refractivity contribution in [2.45, 2.75) is 48.7 Å². The van der Waals surface area contributed by atoms with Crippen LogP contribution < -0.4 is 5.32 Å². The molecule has 0 aliphatic carbocycles. The van der Waals surface area contributed by atoms with Gasteiger partial charge in [0.05, 0.1) is 5.03 Å². The zero-order chi connectivity index (χ0) is 17.4. The molecule has 4 nitrogen and oxygen atoms in total. The first kappa shape index (κ1) is 16.7. The molecule has 2 atom stereocenters. The molecule has 1 aromatic heterocycles. The maximum Gasteiger partial charge on any atom is 0.251 e. The minimum atomic E-state index is 0.0536. The highest BCUT2D eigenvalue weighted by atomic mass is 32.2. The Morgan fingerprint density at radius 2 is 1.88 bits per heavy atom. The number of hydrogen-bond acceptors (Lipinski definition) is 3. The molecular formula is C20H25N3OS. The lowest BCUT2D eigenvalue weighted by Crippen LogP contribution is -2.62. The molecule has 3 aliphatic heterocycles. The van der Waals surface area contributed by atoms with Gasteiger partial charge in [-0.25, -0.2) is 0 Å². The average Bonchev–Trinajstić information content (AvgIpc) is 3.04. The molecule has 2 aromatic rings. The fourth-order valence-electron chi connectivity index (χ4n) is 4.12. The zero-order valence-electron chi connectivity index (χ0n) is 14.8. The molecule has 0 saturated carbocycles. The number of carbonyl (C=O) groups excluding carboxylic acids is 1. The Morgan fingerprint density at radius 1 is 1.16 bits per heavy atom. The smallest absolute Gasteiger partial charge is 0.251 e. The van der Waals surface area contributed by atoms with Crippen LogP contribution in [0, 0.1) is 12.8 Å². The Labute approximate surface area is 153 Å². The van der Waals surface area contributed by atoms with Crippen LogP contribution in [-0.2, 0) is 0 Å². The number of nitrogens with zero attached hydrogens (tertiary/aromatic N) is 1. The Morgan fingerprint density at radius 3 is 2.48 bits per heavy atom. The van der Waals surface area contributed by atoms with Crippen molar-refractivity contribution in [3.05, 3.63) is 47.7 Å². The van der Waals surface area contributed by atoms with Crippen molar-refractivity contribution in [3.63, 3.8) is 0 Å². The molecule has 2 bridgehead atoms. The van der Waals surface area contributed by atoms with Crippen molar-refractivity contribution in [3.8, 4) is 0 Å². The van der Waals surface area contributed by atoms with Gasteiger partial charge in [0.1, 0.15) is 0 Å². The molecule has 132 valence electrons. The summed E-state index contributed by atoms with van der Waals surface area (Å²) in [6.07, 6.45) is 2.42. The number of nitrogens with one attached hydrogen (secondary N) is 2. The van der Waals surface area contributed by atoms with Crippen LogP contribution in [0.4, 0.5) is 0 Å². The normalized spacial score (nSPS) is 28.1. The number of rotatable bonds is 4. The topological polar surface area (TPSA) is 48.1 Å². The van der Waals surface area contributed by atoms with Gasteiger partial charge in [0.15, 0.2) is 0 Å². The molecule has 1 aromatic carbocycles. The summed E-state index contributed by atoms with van der Waals surface area (Å²) in [5, 5.41) is 4.42. The van der Waals surface area contributed by atoms with Crippen LogP contribution in [-0.4, -0.2) is 41.0 Å². The monoisotopic (exact) mass is 355 g/mol. The van der Waals surface area contributed by atoms with Gasteiger partial charge in [-0.05, 0) is 82.1 Å². The predicted molar refractivity (Wildman–Crippen MR) is 101 cm³/mol. The summed E-state index contributed by atoms with van der Waals surface area (Å²) in [5.41, 5.74) is 1.90. The number of aromatic amines is 1. The predicted octanol–water partition coefficient (Wildman–Crippen LogP) is 3.69. The number of aryl methyl sites for hydroxylation is 1. The summed E-state index contributed by atoms with van der Waals surface area (Å²) in [6, 6.07) is 12.8. The first-order chi connectivity index (χ1) is 12.1. The third kappa shape index (κ3) is 3.48. The van der Waals surface area contributed by atoms with E-state index < -0.39 is 0 Å². The number of benzene rings is 1. The van der Waals surface area contributed by atoms with Crippen LogP contribution in [0.5, 0.6) is 0 Å². The van der Waals surface area contributed by atoms with Crippen molar-refractivity contribution in [2.75, 3.05) is 13.1 Å². The summed E-state index contributed by atoms with van der Waals surface area (Å²) in [4.78, 5) is 19.6. The minimum Gasteiger partial charge on any atom is -0.354 e. The standard InChI is InChI=1S/C20H25N3OS/c1-13-3-8-18(21-13)25-17-6-4-16(5-7-17)20(24)22-19-14(2)23-11-9-15(19)10-12-23/h3-8,14-15,19,21H,9-12H2,1-2H3,(H,22,24)/t14-,19-/m0/s1. The van der Waals surface area contributed by atoms with Crippen molar-refractivity contribution in [2.24, 2.45) is 5.92 Å². The molecule has 0 unspecified atom stereocenters. The summed E-state index contributed by atoms with van der Waals surface area (Å²) < 4.78 is 0. The Kier molecular flexibility index (Phi) is 4.61. The molecule has 4 heterocycles. The van der Waals surface area contributed by atoms with Gasteiger partial charge in [-0.15, -0.1) is 0 Å². The minimum absolute atomic E-state index is 0.0536. The number of piperidine rings is 3. The molecule has 2 N–H and O–H groups in total. The highest BCUT2D eigenvalue weighted by Gasteiger charge is 2.40. The van der Waals surface area contributed by atoms with Crippen molar-refractivity contribution in [1.29, 1.82) is 0 Å². The SMILES string of the molecule is Cc1ccc(Sc2ccc(C(=O)N[C@@H]3C4CCN(CC4)[C@H]3C)cc2)[nH]1. The second-order valence-corrected chi connectivity index (χ2v) is 8.36. The van der Waals surface area contributed by atoms with Gasteiger partial charge in [0, 0.05) is 28.2 Å². The largest absolute Gasteiger partial charge is 0.354 e. The molecule has 3 aliphatic rings. The van der Waals surface area contributed by atoms with Crippen LogP contribution >= 0.6 is 11.8 Å². The van der Waals surface area contributed by atoms with Crippen LogP contribution in [0.25, 0.3) is 0 Å². The van der Waals surface area contributed by atoms with Gasteiger partial charge in [0.25, 0.3) is 5.91 Å². The molecule has 0 radical (unpaired) electrons. The molecule has 5 heteroatoms. The van der Waals surface area contributed by atoms with Gasteiger partial charge >= 0.3 is 0 Å². The Bertz CT molecular complexity index is 745. The number of amides is 1. The summed E-state index contributed by atoms with van der Waals surface area (Å²) in [7, 11) is 0. The number of aromatic nitrogens is 1. The fraction of sp³-hybridized carbons (Fsp3) is 0.450. The highest BCUT2D eigenvalue weighted by Crippen LogP contribution is 2.32. The van der Waals surface area contributed by atoms with Crippen molar-refractivity contribution >= 4 is 17.7 Å². The Balaban J connectivity index is 1.40. The van der Waals surface area contributed by atoms with Crippen LogP contribution in [0.3, 0.4) is 0 Å². The maximum absolute atomic E-state index is 12.7. The number of H-pyrrole nitrogens is 1. The quantitative estimate of drug-likeness (QED) is 0.879. The second kappa shape index (κ2) is 6.89. The van der Waals surface area contributed by atoms with E-state index in [1.54, 1.807) is 11.8 Å². The van der Waals surface area contributed by atoms with Crippen molar-refractivity contribution in [1.82, 2.24) is 15.2 Å². The molecule has 3 saturated heterocycles. The maximum atomic E-state index is 12.7. The lowest BCUT2D eigenvalue weighted by atomic mass is 9.79.